The Morgan fingerprint density at radius 2 is 1.10 bits per heavy atom. The van der Waals surface area contributed by atoms with Gasteiger partial charge in [-0.2, -0.15) is 0 Å². The van der Waals surface area contributed by atoms with Crippen LogP contribution in [0.15, 0.2) is 141 Å². The number of nitrogens with one attached hydrogen (secondary N) is 3. The summed E-state index contributed by atoms with van der Waals surface area (Å²) in [7, 11) is 0. The highest BCUT2D eigenvalue weighted by molar-refractivity contribution is 9.13. The predicted molar refractivity (Wildman–Crippen MR) is 248 cm³/mol. The van der Waals surface area contributed by atoms with E-state index in [1.54, 1.807) is 30.3 Å². The number of benzene rings is 5. The minimum absolute atomic E-state index is 0.00922. The van der Waals surface area contributed by atoms with Crippen molar-refractivity contribution in [2.24, 2.45) is 17.6 Å². The summed E-state index contributed by atoms with van der Waals surface area (Å²) < 4.78 is 1.08. The number of hydrogen-bond donors (Lipinski definition) is 5. The minimum Gasteiger partial charge on any atom is -0.391 e. The van der Waals surface area contributed by atoms with Gasteiger partial charge in [-0.15, -0.1) is 0 Å². The summed E-state index contributed by atoms with van der Waals surface area (Å²) in [4.78, 5) is 68.4. The monoisotopic (exact) mass is 1010 g/mol. The first kappa shape index (κ1) is 47.1. The molecule has 0 aliphatic heterocycles. The number of ketones is 1. The SMILES string of the molecule is CC(C)C[C@H](NC(=O)[C@H](Cc1ccccc1)C[C@@H](O)[C@H](Cc1ccccc1)NC(=O)c1c(Br)cc(C(=O)c2ccccc2)c(Br)c1Br)C(=O)N[C@@H](Cc1ccccc1)C(N)=O. The summed E-state index contributed by atoms with van der Waals surface area (Å²) in [5.41, 5.74) is 9.23. The standard InChI is InChI=1S/C48H49Br3N4O6/c1-29(2)23-39(47(60)54-38(45(52)58)26-32-19-11-5-12-20-32)55-46(59)34(24-30-15-7-3-8-16-30)27-40(56)37(25-31-17-9-4-10-18-31)53-48(61)41-36(49)28-35(42(50)43(41)51)44(57)33-21-13-6-14-22-33/h3-22,28-29,34,37-40,56H,23-27H2,1-2H3,(H2,52,58)(H,53,61)(H,54,60)(H,55,59)/t34-,37+,38+,39+,40-/m1/s1. The van der Waals surface area contributed by atoms with Gasteiger partial charge in [-0.3, -0.25) is 24.0 Å². The molecule has 6 N–H and O–H groups in total. The fraction of sp³-hybridized carbons (Fsp3) is 0.271. The maximum atomic E-state index is 14.4. The maximum Gasteiger partial charge on any atom is 0.253 e. The smallest absolute Gasteiger partial charge is 0.253 e. The molecule has 5 rings (SSSR count). The highest BCUT2D eigenvalue weighted by atomic mass is 79.9. The minimum atomic E-state index is -1.24. The van der Waals surface area contributed by atoms with Gasteiger partial charge in [0.2, 0.25) is 17.7 Å². The van der Waals surface area contributed by atoms with E-state index in [-0.39, 0.29) is 49.4 Å². The van der Waals surface area contributed by atoms with Crippen LogP contribution < -0.4 is 21.7 Å². The molecule has 0 unspecified atom stereocenters. The lowest BCUT2D eigenvalue weighted by Gasteiger charge is -2.29. The molecule has 0 aliphatic carbocycles. The van der Waals surface area contributed by atoms with Crippen LogP contribution in [-0.2, 0) is 33.6 Å². The summed E-state index contributed by atoms with van der Waals surface area (Å²) in [6.07, 6.45) is -0.416. The molecular formula is C48H49Br3N4O6. The molecule has 0 heterocycles. The Bertz CT molecular complexity index is 2280. The molecule has 0 bridgehead atoms. The molecule has 0 radical (unpaired) electrons. The van der Waals surface area contributed by atoms with E-state index in [4.69, 9.17) is 5.73 Å². The molecule has 0 saturated carbocycles. The van der Waals surface area contributed by atoms with E-state index >= 15 is 0 Å². The second kappa shape index (κ2) is 22.8. The molecule has 0 spiro atoms. The van der Waals surface area contributed by atoms with Crippen LogP contribution in [0.1, 0.15) is 69.7 Å². The van der Waals surface area contributed by atoms with Crippen molar-refractivity contribution in [1.29, 1.82) is 0 Å². The Balaban J connectivity index is 1.41. The molecule has 5 atom stereocenters. The van der Waals surface area contributed by atoms with Crippen LogP contribution in [0.5, 0.6) is 0 Å². The molecular weight excluding hydrogens is 968 g/mol. The number of amides is 4. The third kappa shape index (κ3) is 13.5. The van der Waals surface area contributed by atoms with Gasteiger partial charge in [0.05, 0.1) is 17.7 Å². The van der Waals surface area contributed by atoms with Gasteiger partial charge in [0.15, 0.2) is 5.78 Å². The first-order chi connectivity index (χ1) is 29.2. The van der Waals surface area contributed by atoms with E-state index in [0.29, 0.717) is 24.5 Å². The van der Waals surface area contributed by atoms with E-state index in [2.05, 4.69) is 63.7 Å². The Labute approximate surface area is 381 Å². The summed E-state index contributed by atoms with van der Waals surface area (Å²) in [6, 6.07) is 35.4. The van der Waals surface area contributed by atoms with E-state index in [9.17, 15) is 29.1 Å². The zero-order valence-electron chi connectivity index (χ0n) is 33.8. The lowest BCUT2D eigenvalue weighted by molar-refractivity contribution is -0.133. The quantitative estimate of drug-likeness (QED) is 0.0393. The first-order valence-corrected chi connectivity index (χ1v) is 22.4. The lowest BCUT2D eigenvalue weighted by Crippen LogP contribution is -2.55. The Hall–Kier alpha value is -4.95. The van der Waals surface area contributed by atoms with Gasteiger partial charge in [-0.25, -0.2) is 0 Å². The van der Waals surface area contributed by atoms with E-state index in [0.717, 1.165) is 16.7 Å². The van der Waals surface area contributed by atoms with Gasteiger partial charge in [0.25, 0.3) is 5.91 Å². The van der Waals surface area contributed by atoms with Crippen LogP contribution in [0, 0.1) is 11.8 Å². The highest BCUT2D eigenvalue weighted by Crippen LogP contribution is 2.37. The van der Waals surface area contributed by atoms with Crippen molar-refractivity contribution in [2.75, 3.05) is 0 Å². The highest BCUT2D eigenvalue weighted by Gasteiger charge is 2.33. The molecule has 0 aliphatic rings. The van der Waals surface area contributed by atoms with Gasteiger partial charge < -0.3 is 26.8 Å². The van der Waals surface area contributed by atoms with Gasteiger partial charge in [-0.05, 0) is 102 Å². The van der Waals surface area contributed by atoms with Gasteiger partial charge in [0.1, 0.15) is 12.1 Å². The topological polar surface area (TPSA) is 168 Å². The molecule has 5 aromatic carbocycles. The number of primary amides is 1. The van der Waals surface area contributed by atoms with Crippen LogP contribution in [0.3, 0.4) is 0 Å². The van der Waals surface area contributed by atoms with Crippen molar-refractivity contribution in [1.82, 2.24) is 16.0 Å². The maximum absolute atomic E-state index is 14.4. The lowest BCUT2D eigenvalue weighted by atomic mass is 9.88. The van der Waals surface area contributed by atoms with Gasteiger partial charge >= 0.3 is 0 Å². The third-order valence-corrected chi connectivity index (χ3v) is 13.0. The number of hydrogen-bond acceptors (Lipinski definition) is 6. The van der Waals surface area contributed by atoms with Crippen LogP contribution in [0.25, 0.3) is 0 Å². The molecule has 10 nitrogen and oxygen atoms in total. The molecule has 0 saturated heterocycles. The normalized spacial score (nSPS) is 13.6. The summed E-state index contributed by atoms with van der Waals surface area (Å²) in [6.45, 7) is 3.85. The fourth-order valence-electron chi connectivity index (χ4n) is 7.08. The van der Waals surface area contributed by atoms with Crippen molar-refractivity contribution in [3.63, 3.8) is 0 Å². The zero-order valence-corrected chi connectivity index (χ0v) is 38.6. The van der Waals surface area contributed by atoms with E-state index in [1.807, 2.05) is 111 Å². The first-order valence-electron chi connectivity index (χ1n) is 20.0. The molecule has 13 heteroatoms. The van der Waals surface area contributed by atoms with Crippen molar-refractivity contribution in [2.45, 2.75) is 70.2 Å². The number of aliphatic hydroxyl groups excluding tert-OH is 1. The summed E-state index contributed by atoms with van der Waals surface area (Å²) in [5, 5.41) is 20.8. The number of halogens is 3. The van der Waals surface area contributed by atoms with Crippen LogP contribution in [0.4, 0.5) is 0 Å². The molecule has 318 valence electrons. The second-order valence-corrected chi connectivity index (χ2v) is 17.8. The largest absolute Gasteiger partial charge is 0.391 e. The van der Waals surface area contributed by atoms with Crippen molar-refractivity contribution < 1.29 is 29.1 Å². The third-order valence-electron chi connectivity index (χ3n) is 10.3. The number of carbonyl (C=O) groups is 5. The number of carbonyl (C=O) groups excluding carboxylic acids is 5. The van der Waals surface area contributed by atoms with Crippen LogP contribution in [-0.4, -0.2) is 58.7 Å². The summed E-state index contributed by atoms with van der Waals surface area (Å²) in [5.74, 6) is -3.35. The van der Waals surface area contributed by atoms with Gasteiger partial charge in [-0.1, -0.05) is 135 Å². The van der Waals surface area contributed by atoms with Crippen molar-refractivity contribution in [3.8, 4) is 0 Å². The number of rotatable bonds is 20. The molecule has 4 amide bonds. The van der Waals surface area contributed by atoms with E-state index in [1.165, 1.54) is 0 Å². The van der Waals surface area contributed by atoms with Gasteiger partial charge in [0, 0.05) is 36.9 Å². The molecule has 0 aromatic heterocycles. The molecule has 5 aromatic rings. The Morgan fingerprint density at radius 1 is 0.607 bits per heavy atom. The Morgan fingerprint density at radius 3 is 1.62 bits per heavy atom. The average Bonchev–Trinajstić information content (AvgIpc) is 3.25. The molecule has 0 fully saturated rings. The fourth-order valence-corrected chi connectivity index (χ4v) is 9.05. The predicted octanol–water partition coefficient (Wildman–Crippen LogP) is 7.90. The summed E-state index contributed by atoms with van der Waals surface area (Å²) >= 11 is 10.6. The average molecular weight is 1020 g/mol. The van der Waals surface area contributed by atoms with Crippen molar-refractivity contribution in [3.05, 3.63) is 174 Å². The van der Waals surface area contributed by atoms with Crippen LogP contribution in [0.2, 0.25) is 0 Å². The van der Waals surface area contributed by atoms with E-state index < -0.39 is 53.8 Å². The zero-order chi connectivity index (χ0) is 44.1. The Kier molecular flexibility index (Phi) is 17.6. The molecule has 61 heavy (non-hydrogen) atoms. The second-order valence-electron chi connectivity index (χ2n) is 15.4. The number of aliphatic hydroxyl groups is 1. The number of nitrogens with two attached hydrogens (primary N) is 1. The van der Waals surface area contributed by atoms with Crippen LogP contribution >= 0.6 is 47.8 Å². The van der Waals surface area contributed by atoms with Crippen molar-refractivity contribution >= 4 is 77.2 Å².